The molecule has 1 atom stereocenters. The quantitative estimate of drug-likeness (QED) is 0.286. The second-order valence-corrected chi connectivity index (χ2v) is 8.41. The molecule has 0 aromatic heterocycles. The number of nitrogens with one attached hydrogen (secondary N) is 1. The summed E-state index contributed by atoms with van der Waals surface area (Å²) in [7, 11) is 3.40. The van der Waals surface area contributed by atoms with E-state index >= 15 is 0 Å². The highest BCUT2D eigenvalue weighted by Gasteiger charge is 2.14. The summed E-state index contributed by atoms with van der Waals surface area (Å²) in [5, 5.41) is 2.69. The van der Waals surface area contributed by atoms with Crippen molar-refractivity contribution in [2.75, 3.05) is 27.4 Å². The molecular formula is C28H41NO4. The Morgan fingerprint density at radius 2 is 1.70 bits per heavy atom. The molecule has 33 heavy (non-hydrogen) atoms. The van der Waals surface area contributed by atoms with Crippen molar-refractivity contribution in [1.29, 1.82) is 0 Å². The van der Waals surface area contributed by atoms with Crippen LogP contribution < -0.4 is 14.8 Å². The molecule has 0 saturated carbocycles. The Balaban J connectivity index is 1.96. The lowest BCUT2D eigenvalue weighted by Gasteiger charge is -2.19. The fourth-order valence-corrected chi connectivity index (χ4v) is 3.89. The minimum atomic E-state index is 0.133. The van der Waals surface area contributed by atoms with Gasteiger partial charge < -0.3 is 19.5 Å². The van der Waals surface area contributed by atoms with E-state index in [0.717, 1.165) is 55.6 Å². The van der Waals surface area contributed by atoms with Crippen LogP contribution in [0, 0.1) is 0 Å². The van der Waals surface area contributed by atoms with Crippen molar-refractivity contribution in [1.82, 2.24) is 5.32 Å². The standard InChI is InChI=1S/C28H41NO4/c1-4-24(15-10-5-6-11-16-28(30)29-2)25-17-18-26(27(21-25)32-20-12-19-31-3)33-22-23-13-8-7-9-14-23/h7-9,13-14,17-18,21,24H,4-6,10-12,15-16,19-20,22H2,1-3H3,(H,29,30)/t24-/m1/s1. The SMILES string of the molecule is CC[C@H](CCCCCCC(=O)NC)c1ccc(OCc2ccccc2)c(OCCCOC)c1. The van der Waals surface area contributed by atoms with Gasteiger partial charge in [0.2, 0.25) is 5.91 Å². The van der Waals surface area contributed by atoms with Crippen LogP contribution >= 0.6 is 0 Å². The Bertz CT molecular complexity index is 794. The van der Waals surface area contributed by atoms with E-state index in [1.165, 1.54) is 12.0 Å². The van der Waals surface area contributed by atoms with E-state index in [2.05, 4.69) is 42.6 Å². The summed E-state index contributed by atoms with van der Waals surface area (Å²) in [6.45, 7) is 4.04. The van der Waals surface area contributed by atoms with Gasteiger partial charge in [0.1, 0.15) is 6.61 Å². The summed E-state index contributed by atoms with van der Waals surface area (Å²) < 4.78 is 17.4. The van der Waals surface area contributed by atoms with Gasteiger partial charge in [0.15, 0.2) is 11.5 Å². The third kappa shape index (κ3) is 10.3. The number of methoxy groups -OCH3 is 1. The lowest BCUT2D eigenvalue weighted by Crippen LogP contribution is -2.16. The van der Waals surface area contributed by atoms with Crippen molar-refractivity contribution in [2.45, 2.75) is 70.8 Å². The molecule has 0 fully saturated rings. The van der Waals surface area contributed by atoms with Gasteiger partial charge in [-0.1, -0.05) is 62.6 Å². The molecule has 1 amide bonds. The lowest BCUT2D eigenvalue weighted by molar-refractivity contribution is -0.120. The van der Waals surface area contributed by atoms with Gasteiger partial charge in [-0.25, -0.2) is 0 Å². The van der Waals surface area contributed by atoms with Gasteiger partial charge in [-0.3, -0.25) is 4.79 Å². The van der Waals surface area contributed by atoms with E-state index in [-0.39, 0.29) is 5.91 Å². The number of ether oxygens (including phenoxy) is 3. The molecule has 5 nitrogen and oxygen atoms in total. The van der Waals surface area contributed by atoms with Crippen LogP contribution in [0.3, 0.4) is 0 Å². The molecule has 0 aliphatic heterocycles. The molecule has 2 rings (SSSR count). The number of hydrogen-bond acceptors (Lipinski definition) is 4. The van der Waals surface area contributed by atoms with Crippen molar-refractivity contribution in [3.8, 4) is 11.5 Å². The predicted molar refractivity (Wildman–Crippen MR) is 134 cm³/mol. The number of rotatable bonds is 17. The number of carbonyl (C=O) groups is 1. The molecule has 5 heteroatoms. The maximum atomic E-state index is 11.3. The van der Waals surface area contributed by atoms with E-state index in [4.69, 9.17) is 14.2 Å². The minimum Gasteiger partial charge on any atom is -0.490 e. The Morgan fingerprint density at radius 3 is 2.42 bits per heavy atom. The van der Waals surface area contributed by atoms with E-state index in [9.17, 15) is 4.79 Å². The number of amides is 1. The molecule has 0 unspecified atom stereocenters. The van der Waals surface area contributed by atoms with Gasteiger partial charge >= 0.3 is 0 Å². The van der Waals surface area contributed by atoms with Crippen LogP contribution in [-0.4, -0.2) is 33.3 Å². The Labute approximate surface area is 199 Å². The van der Waals surface area contributed by atoms with Gasteiger partial charge in [0, 0.05) is 33.6 Å². The Kier molecular flexibility index (Phi) is 13.1. The highest BCUT2D eigenvalue weighted by molar-refractivity contribution is 5.75. The molecule has 0 spiro atoms. The highest BCUT2D eigenvalue weighted by atomic mass is 16.5. The van der Waals surface area contributed by atoms with Crippen LogP contribution in [0.15, 0.2) is 48.5 Å². The normalized spacial score (nSPS) is 11.7. The van der Waals surface area contributed by atoms with Crippen LogP contribution in [-0.2, 0) is 16.1 Å². The largest absolute Gasteiger partial charge is 0.490 e. The van der Waals surface area contributed by atoms with Crippen LogP contribution in [0.5, 0.6) is 11.5 Å². The average molecular weight is 456 g/mol. The van der Waals surface area contributed by atoms with Crippen molar-refractivity contribution >= 4 is 5.91 Å². The molecule has 2 aromatic rings. The van der Waals surface area contributed by atoms with E-state index < -0.39 is 0 Å². The van der Waals surface area contributed by atoms with E-state index in [1.54, 1.807) is 14.2 Å². The monoisotopic (exact) mass is 455 g/mol. The third-order valence-electron chi connectivity index (χ3n) is 5.90. The molecule has 0 radical (unpaired) electrons. The summed E-state index contributed by atoms with van der Waals surface area (Å²) in [4.78, 5) is 11.3. The number of benzene rings is 2. The second-order valence-electron chi connectivity index (χ2n) is 8.41. The zero-order chi connectivity index (χ0) is 23.7. The van der Waals surface area contributed by atoms with Crippen LogP contribution in [0.4, 0.5) is 0 Å². The fraction of sp³-hybridized carbons (Fsp3) is 0.536. The summed E-state index contributed by atoms with van der Waals surface area (Å²) in [6, 6.07) is 16.6. The van der Waals surface area contributed by atoms with Gasteiger partial charge in [-0.2, -0.15) is 0 Å². The molecule has 182 valence electrons. The zero-order valence-corrected chi connectivity index (χ0v) is 20.6. The summed E-state index contributed by atoms with van der Waals surface area (Å²) >= 11 is 0. The number of hydrogen-bond donors (Lipinski definition) is 1. The second kappa shape index (κ2) is 16.1. The maximum absolute atomic E-state index is 11.3. The highest BCUT2D eigenvalue weighted by Crippen LogP contribution is 2.35. The molecule has 0 heterocycles. The first-order valence-electron chi connectivity index (χ1n) is 12.3. The molecule has 0 saturated heterocycles. The molecule has 0 aliphatic rings. The van der Waals surface area contributed by atoms with Crippen LogP contribution in [0.1, 0.15) is 75.3 Å². The molecule has 0 bridgehead atoms. The average Bonchev–Trinajstić information content (AvgIpc) is 2.85. The molecule has 0 aliphatic carbocycles. The van der Waals surface area contributed by atoms with E-state index in [0.29, 0.717) is 32.2 Å². The minimum absolute atomic E-state index is 0.133. The van der Waals surface area contributed by atoms with Crippen molar-refractivity contribution in [3.63, 3.8) is 0 Å². The summed E-state index contributed by atoms with van der Waals surface area (Å²) in [5.74, 6) is 2.22. The smallest absolute Gasteiger partial charge is 0.219 e. The molecule has 2 aromatic carbocycles. The first-order valence-corrected chi connectivity index (χ1v) is 12.3. The van der Waals surface area contributed by atoms with Gasteiger partial charge in [-0.05, 0) is 48.4 Å². The van der Waals surface area contributed by atoms with E-state index in [1.807, 2.05) is 18.2 Å². The lowest BCUT2D eigenvalue weighted by atomic mass is 9.90. The zero-order valence-electron chi connectivity index (χ0n) is 20.6. The van der Waals surface area contributed by atoms with Crippen molar-refractivity contribution in [3.05, 3.63) is 59.7 Å². The molecule has 1 N–H and O–H groups in total. The number of unbranched alkanes of at least 4 members (excludes halogenated alkanes) is 3. The Hall–Kier alpha value is -2.53. The summed E-state index contributed by atoms with van der Waals surface area (Å²) in [6.07, 6.45) is 8.09. The van der Waals surface area contributed by atoms with Crippen LogP contribution in [0.25, 0.3) is 0 Å². The topological polar surface area (TPSA) is 56.8 Å². The predicted octanol–water partition coefficient (Wildman–Crippen LogP) is 6.26. The van der Waals surface area contributed by atoms with Gasteiger partial charge in [0.25, 0.3) is 0 Å². The van der Waals surface area contributed by atoms with Crippen molar-refractivity contribution in [2.24, 2.45) is 0 Å². The Morgan fingerprint density at radius 1 is 0.909 bits per heavy atom. The first-order chi connectivity index (χ1) is 16.2. The third-order valence-corrected chi connectivity index (χ3v) is 5.90. The van der Waals surface area contributed by atoms with Gasteiger partial charge in [-0.15, -0.1) is 0 Å². The first kappa shape index (κ1) is 26.7. The van der Waals surface area contributed by atoms with Crippen molar-refractivity contribution < 1.29 is 19.0 Å². The number of carbonyl (C=O) groups excluding carboxylic acids is 1. The van der Waals surface area contributed by atoms with Gasteiger partial charge in [0.05, 0.1) is 6.61 Å². The summed E-state index contributed by atoms with van der Waals surface area (Å²) in [5.41, 5.74) is 2.44. The maximum Gasteiger partial charge on any atom is 0.219 e. The molecular weight excluding hydrogens is 414 g/mol. The fourth-order valence-electron chi connectivity index (χ4n) is 3.89. The van der Waals surface area contributed by atoms with Crippen LogP contribution in [0.2, 0.25) is 0 Å².